The van der Waals surface area contributed by atoms with E-state index in [2.05, 4.69) is 33.8 Å². The van der Waals surface area contributed by atoms with Gasteiger partial charge in [0.05, 0.1) is 43.7 Å². The van der Waals surface area contributed by atoms with Crippen LogP contribution in [0, 0.1) is 40.4 Å². The molecule has 5 unspecified atom stereocenters. The highest BCUT2D eigenvalue weighted by molar-refractivity contribution is 5.29. The smallest absolute Gasteiger partial charge is 0.187 e. The molecule has 4 aliphatic carbocycles. The predicted molar refractivity (Wildman–Crippen MR) is 216 cm³/mol. The summed E-state index contributed by atoms with van der Waals surface area (Å²) < 4.78 is 50.0. The number of rotatable bonds is 8. The topological polar surface area (TPSA) is 276 Å². The third-order valence-electron chi connectivity index (χ3n) is 17.9. The number of aliphatic hydroxyl groups is 10. The molecule has 10 N–H and O–H groups in total. The van der Waals surface area contributed by atoms with Gasteiger partial charge in [0, 0.05) is 30.1 Å². The van der Waals surface area contributed by atoms with Gasteiger partial charge in [-0.3, -0.25) is 0 Å². The van der Waals surface area contributed by atoms with Crippen molar-refractivity contribution < 1.29 is 89.0 Å². The molecule has 9 aliphatic rings. The van der Waals surface area contributed by atoms with Crippen molar-refractivity contribution in [3.8, 4) is 0 Å². The van der Waals surface area contributed by atoms with Crippen LogP contribution in [0.2, 0.25) is 0 Å². The molecule has 360 valence electrons. The summed E-state index contributed by atoms with van der Waals surface area (Å²) in [5.74, 6) is 0.539. The van der Waals surface area contributed by atoms with Crippen molar-refractivity contribution in [1.82, 2.24) is 0 Å². The maximum atomic E-state index is 13.0. The van der Waals surface area contributed by atoms with Crippen LogP contribution in [0.5, 0.6) is 0 Å². The van der Waals surface area contributed by atoms with Gasteiger partial charge in [-0.2, -0.15) is 0 Å². The normalized spacial score (nSPS) is 58.1. The van der Waals surface area contributed by atoms with Crippen molar-refractivity contribution >= 4 is 0 Å². The van der Waals surface area contributed by atoms with Crippen LogP contribution < -0.4 is 0 Å². The van der Waals surface area contributed by atoms with Gasteiger partial charge in [-0.05, 0) is 75.0 Å². The number of hydrogen-bond acceptors (Lipinski definition) is 18. The van der Waals surface area contributed by atoms with Crippen LogP contribution in [0.15, 0.2) is 11.6 Å². The van der Waals surface area contributed by atoms with Gasteiger partial charge in [-0.25, -0.2) is 0 Å². The van der Waals surface area contributed by atoms with E-state index >= 15 is 0 Å². The molecule has 0 radical (unpaired) electrons. The second kappa shape index (κ2) is 17.2. The average Bonchev–Trinajstić information content (AvgIpc) is 3.66. The van der Waals surface area contributed by atoms with Crippen LogP contribution in [-0.4, -0.2) is 187 Å². The highest BCUT2D eigenvalue weighted by atomic mass is 16.8. The maximum absolute atomic E-state index is 13.0. The first-order valence-electron chi connectivity index (χ1n) is 23.5. The molecule has 18 heteroatoms. The number of fused-ring (bicyclic) bond motifs is 7. The van der Waals surface area contributed by atoms with Crippen LogP contribution in [0.3, 0.4) is 0 Å². The minimum atomic E-state index is -1.86. The van der Waals surface area contributed by atoms with Gasteiger partial charge in [0.1, 0.15) is 67.1 Å². The highest BCUT2D eigenvalue weighted by Crippen LogP contribution is 2.72. The van der Waals surface area contributed by atoms with Crippen molar-refractivity contribution in [1.29, 1.82) is 0 Å². The fourth-order valence-corrected chi connectivity index (χ4v) is 14.0. The number of hydrogen-bond donors (Lipinski definition) is 10. The number of ether oxygens (including phenoxy) is 8. The third-order valence-corrected chi connectivity index (χ3v) is 17.9. The zero-order chi connectivity index (χ0) is 45.1. The van der Waals surface area contributed by atoms with Crippen molar-refractivity contribution in [2.45, 2.75) is 208 Å². The second-order valence-corrected chi connectivity index (χ2v) is 21.2. The van der Waals surface area contributed by atoms with Crippen LogP contribution in [0.25, 0.3) is 0 Å². The fraction of sp³-hybridized carbons (Fsp3) is 0.956. The molecule has 0 amide bonds. The summed E-state index contributed by atoms with van der Waals surface area (Å²) in [6.45, 7) is 9.79. The lowest BCUT2D eigenvalue weighted by Gasteiger charge is -2.62. The van der Waals surface area contributed by atoms with E-state index in [4.69, 9.17) is 37.9 Å². The van der Waals surface area contributed by atoms with Gasteiger partial charge in [-0.1, -0.05) is 39.3 Å². The Morgan fingerprint density at radius 2 is 1.33 bits per heavy atom. The molecule has 5 aliphatic heterocycles. The first-order chi connectivity index (χ1) is 29.8. The van der Waals surface area contributed by atoms with Crippen molar-refractivity contribution in [3.05, 3.63) is 11.6 Å². The Bertz CT molecular complexity index is 1660. The molecule has 1 spiro atoms. The van der Waals surface area contributed by atoms with Gasteiger partial charge in [0.2, 0.25) is 0 Å². The first-order valence-corrected chi connectivity index (χ1v) is 23.5. The summed E-state index contributed by atoms with van der Waals surface area (Å²) in [6.07, 6.45) is -14.9. The Balaban J connectivity index is 0.952. The highest BCUT2D eigenvalue weighted by Gasteiger charge is 2.74. The van der Waals surface area contributed by atoms with Crippen molar-refractivity contribution in [2.75, 3.05) is 19.8 Å². The Hall–Kier alpha value is -0.980. The maximum Gasteiger partial charge on any atom is 0.187 e. The molecular weight excluding hydrogens is 828 g/mol. The molecule has 18 nitrogen and oxygen atoms in total. The molecule has 0 bridgehead atoms. The van der Waals surface area contributed by atoms with E-state index < -0.39 is 123 Å². The van der Waals surface area contributed by atoms with E-state index in [9.17, 15) is 51.1 Å². The lowest BCUT2D eigenvalue weighted by molar-refractivity contribution is -0.394. The number of allylic oxidation sites excluding steroid dienone is 1. The lowest BCUT2D eigenvalue weighted by atomic mass is 9.45. The molecule has 63 heavy (non-hydrogen) atoms. The van der Waals surface area contributed by atoms with Crippen molar-refractivity contribution in [3.63, 3.8) is 0 Å². The molecule has 9 rings (SSSR count). The molecule has 0 aromatic heterocycles. The molecule has 26 atom stereocenters. The minimum Gasteiger partial charge on any atom is -0.394 e. The molecule has 5 heterocycles. The van der Waals surface area contributed by atoms with Crippen LogP contribution >= 0.6 is 0 Å². The summed E-state index contributed by atoms with van der Waals surface area (Å²) in [5, 5.41) is 109. The summed E-state index contributed by atoms with van der Waals surface area (Å²) in [5.41, 5.74) is -0.266. The monoisotopic (exact) mass is 900 g/mol. The Morgan fingerprint density at radius 3 is 2.02 bits per heavy atom. The average molecular weight is 901 g/mol. The molecule has 5 saturated heterocycles. The molecular formula is C45H72O18. The summed E-state index contributed by atoms with van der Waals surface area (Å²) in [4.78, 5) is 0. The van der Waals surface area contributed by atoms with Crippen LogP contribution in [0.1, 0.15) is 92.4 Å². The molecule has 8 fully saturated rings. The van der Waals surface area contributed by atoms with Crippen LogP contribution in [0.4, 0.5) is 0 Å². The van der Waals surface area contributed by atoms with E-state index in [1.165, 1.54) is 12.5 Å². The van der Waals surface area contributed by atoms with Gasteiger partial charge >= 0.3 is 0 Å². The quantitative estimate of drug-likeness (QED) is 0.135. The molecule has 3 saturated carbocycles. The Kier molecular flexibility index (Phi) is 12.9. The standard InChI is InChI=1S/C45H72O18/c1-19-8-13-45(56-18-19)20(2)29-26(63-45)15-44(55)25-7-6-22-14-23(9-11-42(22,4)24(25)10-12-43(29,44)5)58-41-38(62-39-35(53)33(51)30(48)21(3)57-39)37(32(50)28(17-47)60-41)61-40-36(54)34(52)31(49)27(16-46)59-40/h6,19-21,23-41,46-55H,7-18H2,1-5H3/t19?,20-,21-,23-,24?,25?,26?,27+,28+,29-,30-,31+,32+,33+,34-,35+,36+,37-,38+,39-,40-,41+,42-,43+,44?,45+/m0/s1. The van der Waals surface area contributed by atoms with E-state index in [1.54, 1.807) is 0 Å². The van der Waals surface area contributed by atoms with E-state index in [1.807, 2.05) is 0 Å². The van der Waals surface area contributed by atoms with Gasteiger partial charge in [-0.15, -0.1) is 0 Å². The van der Waals surface area contributed by atoms with E-state index in [0.29, 0.717) is 38.2 Å². The largest absolute Gasteiger partial charge is 0.394 e. The zero-order valence-electron chi connectivity index (χ0n) is 37.0. The summed E-state index contributed by atoms with van der Waals surface area (Å²) in [6, 6.07) is 0. The molecule has 0 aromatic rings. The lowest BCUT2D eigenvalue weighted by Crippen LogP contribution is -2.67. The SMILES string of the molecule is CC1CC[C@@]2(OC1)OC1CC3(O)C4CC=C5C[C@@H](O[C@@H]6O[C@H](CO)[C@@H](O)[C@H](O[C@@H]7O[C@H](CO)[C@@H](O)[C@H](O)[C@H]7O)[C@H]6O[C@@H]6O[C@@H](C)[C@H](O)[C@@H](O)[C@H]6O)CC[C@]5(C)C4CC[C@]3(C)[C@H]1[C@@H]2C. The van der Waals surface area contributed by atoms with E-state index in [0.717, 1.165) is 32.1 Å². The summed E-state index contributed by atoms with van der Waals surface area (Å²) in [7, 11) is 0. The molecule has 0 aromatic carbocycles. The first kappa shape index (κ1) is 47.1. The van der Waals surface area contributed by atoms with Gasteiger partial charge in [0.15, 0.2) is 24.7 Å². The number of aliphatic hydroxyl groups excluding tert-OH is 9. The third kappa shape index (κ3) is 7.44. The van der Waals surface area contributed by atoms with Crippen LogP contribution in [-0.2, 0) is 37.9 Å². The zero-order valence-corrected chi connectivity index (χ0v) is 37.0. The Labute approximate surface area is 368 Å². The van der Waals surface area contributed by atoms with Gasteiger partial charge in [0.25, 0.3) is 0 Å². The summed E-state index contributed by atoms with van der Waals surface area (Å²) >= 11 is 0. The predicted octanol–water partition coefficient (Wildman–Crippen LogP) is -0.671. The van der Waals surface area contributed by atoms with E-state index in [-0.39, 0.29) is 40.6 Å². The fourth-order valence-electron chi connectivity index (χ4n) is 14.0. The Morgan fingerprint density at radius 1 is 0.683 bits per heavy atom. The van der Waals surface area contributed by atoms with Crippen molar-refractivity contribution in [2.24, 2.45) is 40.4 Å². The van der Waals surface area contributed by atoms with Gasteiger partial charge < -0.3 is 89.0 Å². The minimum absolute atomic E-state index is 0.0388. The second-order valence-electron chi connectivity index (χ2n) is 21.2.